The zero-order valence-electron chi connectivity index (χ0n) is 16.7. The second kappa shape index (κ2) is 9.58. The third-order valence-electron chi connectivity index (χ3n) is 4.60. The van der Waals surface area contributed by atoms with Crippen LogP contribution in [0.25, 0.3) is 6.08 Å². The summed E-state index contributed by atoms with van der Waals surface area (Å²) in [5.74, 6) is -1.59. The average molecular weight is 428 g/mol. The van der Waals surface area contributed by atoms with Crippen molar-refractivity contribution in [3.8, 4) is 0 Å². The van der Waals surface area contributed by atoms with Gasteiger partial charge in [-0.15, -0.1) is 0 Å². The molecule has 0 aliphatic carbocycles. The van der Waals surface area contributed by atoms with Crippen molar-refractivity contribution in [2.75, 3.05) is 29.9 Å². The summed E-state index contributed by atoms with van der Waals surface area (Å²) < 4.78 is 13.2. The van der Waals surface area contributed by atoms with E-state index in [4.69, 9.17) is 0 Å². The van der Waals surface area contributed by atoms with E-state index in [-0.39, 0.29) is 10.6 Å². The van der Waals surface area contributed by atoms with Crippen molar-refractivity contribution in [3.63, 3.8) is 0 Å². The van der Waals surface area contributed by atoms with Crippen molar-refractivity contribution in [2.24, 2.45) is 0 Å². The number of nitrogens with zero attached hydrogens (tertiary/aromatic N) is 2. The molecule has 3 amide bonds. The number of anilines is 2. The van der Waals surface area contributed by atoms with Crippen LogP contribution in [0, 0.1) is 5.82 Å². The molecular formula is C22H22FN3O3S. The molecule has 0 spiro atoms. The van der Waals surface area contributed by atoms with E-state index < -0.39 is 29.4 Å². The Morgan fingerprint density at radius 3 is 2.47 bits per heavy atom. The molecule has 1 N–H and O–H groups in total. The van der Waals surface area contributed by atoms with Gasteiger partial charge in [-0.25, -0.2) is 4.39 Å². The Balaban J connectivity index is 1.67. The number of carbonyl (C=O) groups is 3. The van der Waals surface area contributed by atoms with Crippen LogP contribution in [-0.4, -0.2) is 41.6 Å². The Morgan fingerprint density at radius 1 is 1.13 bits per heavy atom. The zero-order valence-corrected chi connectivity index (χ0v) is 17.5. The quantitative estimate of drug-likeness (QED) is 0.666. The highest BCUT2D eigenvalue weighted by Gasteiger charge is 2.36. The number of hydrogen-bond acceptors (Lipinski definition) is 5. The predicted molar refractivity (Wildman–Crippen MR) is 118 cm³/mol. The summed E-state index contributed by atoms with van der Waals surface area (Å²) in [7, 11) is 0. The molecule has 0 atom stereocenters. The van der Waals surface area contributed by atoms with Crippen LogP contribution in [0.5, 0.6) is 0 Å². The molecule has 1 heterocycles. The Hall–Kier alpha value is -3.13. The summed E-state index contributed by atoms with van der Waals surface area (Å²) in [6, 6.07) is 13.1. The lowest BCUT2D eigenvalue weighted by atomic mass is 10.1. The van der Waals surface area contributed by atoms with Gasteiger partial charge < -0.3 is 10.2 Å². The molecule has 1 aliphatic rings. The summed E-state index contributed by atoms with van der Waals surface area (Å²) in [6.07, 6.45) is 1.64. The number of rotatable bonds is 7. The van der Waals surface area contributed by atoms with Gasteiger partial charge in [-0.2, -0.15) is 0 Å². The van der Waals surface area contributed by atoms with Crippen LogP contribution in [0.15, 0.2) is 53.4 Å². The standard InChI is InChI=1S/C22H22FN3O3S/c1-3-25(4-2)18-10-8-15(9-11-18)12-19-21(28)26(22(29)30-19)14-20(27)24-17-7-5-6-16(23)13-17/h5-13H,3-4,14H2,1-2H3,(H,24,27)/b19-12+. The highest BCUT2D eigenvalue weighted by atomic mass is 32.2. The van der Waals surface area contributed by atoms with Gasteiger partial charge in [0.15, 0.2) is 0 Å². The second-order valence-corrected chi connectivity index (χ2v) is 7.58. The topological polar surface area (TPSA) is 69.7 Å². The molecule has 2 aromatic rings. The van der Waals surface area contributed by atoms with E-state index >= 15 is 0 Å². The monoisotopic (exact) mass is 427 g/mol. The third kappa shape index (κ3) is 5.07. The molecule has 1 fully saturated rings. The Morgan fingerprint density at radius 2 is 1.83 bits per heavy atom. The highest BCUT2D eigenvalue weighted by molar-refractivity contribution is 8.18. The highest BCUT2D eigenvalue weighted by Crippen LogP contribution is 2.32. The number of amides is 3. The molecule has 1 aliphatic heterocycles. The van der Waals surface area contributed by atoms with E-state index in [0.717, 1.165) is 47.1 Å². The molecule has 0 radical (unpaired) electrons. The Kier molecular flexibility index (Phi) is 6.89. The van der Waals surface area contributed by atoms with E-state index in [1.54, 1.807) is 6.08 Å². The minimum absolute atomic E-state index is 0.258. The summed E-state index contributed by atoms with van der Waals surface area (Å²) in [6.45, 7) is 5.52. The predicted octanol–water partition coefficient (Wildman–Crippen LogP) is 4.35. The second-order valence-electron chi connectivity index (χ2n) is 6.59. The van der Waals surface area contributed by atoms with E-state index in [9.17, 15) is 18.8 Å². The van der Waals surface area contributed by atoms with Crippen LogP contribution in [0.2, 0.25) is 0 Å². The van der Waals surface area contributed by atoms with Gasteiger partial charge in [0, 0.05) is 24.5 Å². The van der Waals surface area contributed by atoms with E-state index in [1.165, 1.54) is 18.2 Å². The first kappa shape index (κ1) is 21.6. The first-order valence-corrected chi connectivity index (χ1v) is 10.4. The van der Waals surface area contributed by atoms with Gasteiger partial charge in [-0.05, 0) is 67.6 Å². The number of nitrogens with one attached hydrogen (secondary N) is 1. The number of carbonyl (C=O) groups excluding carboxylic acids is 3. The summed E-state index contributed by atoms with van der Waals surface area (Å²) in [5, 5.41) is 1.97. The van der Waals surface area contributed by atoms with E-state index in [2.05, 4.69) is 24.1 Å². The van der Waals surface area contributed by atoms with Gasteiger partial charge in [-0.1, -0.05) is 18.2 Å². The van der Waals surface area contributed by atoms with Crippen molar-refractivity contribution in [2.45, 2.75) is 13.8 Å². The van der Waals surface area contributed by atoms with Gasteiger partial charge in [0.25, 0.3) is 11.1 Å². The van der Waals surface area contributed by atoms with Crippen LogP contribution in [0.3, 0.4) is 0 Å². The molecule has 156 valence electrons. The summed E-state index contributed by atoms with van der Waals surface area (Å²) in [4.78, 5) is 40.4. The van der Waals surface area contributed by atoms with Crippen molar-refractivity contribution < 1.29 is 18.8 Å². The maximum absolute atomic E-state index is 13.2. The molecule has 0 aromatic heterocycles. The minimum Gasteiger partial charge on any atom is -0.372 e. The van der Waals surface area contributed by atoms with Crippen LogP contribution < -0.4 is 10.2 Å². The number of halogens is 1. The molecule has 0 unspecified atom stereocenters. The van der Waals surface area contributed by atoms with E-state index in [1.807, 2.05) is 24.3 Å². The molecule has 1 saturated heterocycles. The SMILES string of the molecule is CCN(CC)c1ccc(/C=C2/SC(=O)N(CC(=O)Nc3cccc(F)c3)C2=O)cc1. The maximum Gasteiger partial charge on any atom is 0.294 e. The lowest BCUT2D eigenvalue weighted by molar-refractivity contribution is -0.127. The molecule has 0 bridgehead atoms. The van der Waals surface area contributed by atoms with Crippen LogP contribution in [0.4, 0.5) is 20.6 Å². The lowest BCUT2D eigenvalue weighted by Crippen LogP contribution is -2.36. The molecule has 2 aromatic carbocycles. The fourth-order valence-electron chi connectivity index (χ4n) is 3.07. The van der Waals surface area contributed by atoms with Gasteiger partial charge in [-0.3, -0.25) is 19.3 Å². The largest absolute Gasteiger partial charge is 0.372 e. The molecule has 0 saturated carbocycles. The first-order chi connectivity index (χ1) is 14.4. The van der Waals surface area contributed by atoms with Gasteiger partial charge in [0.1, 0.15) is 12.4 Å². The number of hydrogen-bond donors (Lipinski definition) is 1. The van der Waals surface area contributed by atoms with Crippen LogP contribution in [0.1, 0.15) is 19.4 Å². The Bertz CT molecular complexity index is 987. The van der Waals surface area contributed by atoms with Crippen molar-refractivity contribution >= 4 is 46.3 Å². The average Bonchev–Trinajstić information content (AvgIpc) is 2.97. The summed E-state index contributed by atoms with van der Waals surface area (Å²) in [5.41, 5.74) is 2.13. The summed E-state index contributed by atoms with van der Waals surface area (Å²) >= 11 is 0.795. The van der Waals surface area contributed by atoms with Gasteiger partial charge in [0.2, 0.25) is 5.91 Å². The van der Waals surface area contributed by atoms with Crippen molar-refractivity contribution in [1.82, 2.24) is 4.90 Å². The Labute approximate surface area is 178 Å². The van der Waals surface area contributed by atoms with Gasteiger partial charge in [0.05, 0.1) is 4.91 Å². The first-order valence-electron chi connectivity index (χ1n) is 9.57. The number of thioether (sulfide) groups is 1. The van der Waals surface area contributed by atoms with Gasteiger partial charge >= 0.3 is 0 Å². The van der Waals surface area contributed by atoms with E-state index in [0.29, 0.717) is 0 Å². The fourth-order valence-corrected chi connectivity index (χ4v) is 3.91. The smallest absolute Gasteiger partial charge is 0.294 e. The van der Waals surface area contributed by atoms with Crippen molar-refractivity contribution in [1.29, 1.82) is 0 Å². The zero-order chi connectivity index (χ0) is 21.7. The molecule has 6 nitrogen and oxygen atoms in total. The normalized spacial score (nSPS) is 15.0. The third-order valence-corrected chi connectivity index (χ3v) is 5.51. The fraction of sp³-hybridized carbons (Fsp3) is 0.227. The molecule has 30 heavy (non-hydrogen) atoms. The number of benzene rings is 2. The minimum atomic E-state index is -0.576. The van der Waals surface area contributed by atoms with Crippen LogP contribution in [-0.2, 0) is 9.59 Å². The van der Waals surface area contributed by atoms with Crippen molar-refractivity contribution in [3.05, 3.63) is 64.8 Å². The molecular weight excluding hydrogens is 405 g/mol. The lowest BCUT2D eigenvalue weighted by Gasteiger charge is -2.20. The molecule has 3 rings (SSSR count). The molecule has 8 heteroatoms. The number of imide groups is 1. The maximum atomic E-state index is 13.2. The van der Waals surface area contributed by atoms with Crippen LogP contribution >= 0.6 is 11.8 Å².